The molecule has 3 N–H and O–H groups in total. The van der Waals surface area contributed by atoms with E-state index >= 15 is 0 Å². The molecule has 0 aromatic heterocycles. The van der Waals surface area contributed by atoms with Gasteiger partial charge in [0.2, 0.25) is 0 Å². The van der Waals surface area contributed by atoms with E-state index in [1.165, 1.54) is 76.1 Å². The third kappa shape index (κ3) is 8.15. The van der Waals surface area contributed by atoms with Crippen molar-refractivity contribution in [2.24, 2.45) is 5.92 Å². The van der Waals surface area contributed by atoms with Crippen molar-refractivity contribution < 1.29 is 23.1 Å². The van der Waals surface area contributed by atoms with Crippen LogP contribution in [0.3, 0.4) is 0 Å². The van der Waals surface area contributed by atoms with Gasteiger partial charge in [-0.05, 0) is 43.0 Å². The van der Waals surface area contributed by atoms with Crippen LogP contribution in [0.2, 0.25) is 0 Å². The van der Waals surface area contributed by atoms with E-state index in [4.69, 9.17) is 14.7 Å². The summed E-state index contributed by atoms with van der Waals surface area (Å²) in [6, 6.07) is 5.93. The zero-order valence-corrected chi connectivity index (χ0v) is 17.5. The monoisotopic (exact) mass is 408 g/mol. The molecule has 1 fully saturated rings. The molecule has 0 atom stereocenters. The fourth-order valence-electron chi connectivity index (χ4n) is 3.83. The molecule has 1 aromatic carbocycles. The lowest BCUT2D eigenvalue weighted by Crippen LogP contribution is -2.28. The van der Waals surface area contributed by atoms with Crippen molar-refractivity contribution in [2.75, 3.05) is 6.61 Å². The number of allylic oxidation sites excluding steroid dienone is 1. The molecule has 5 nitrogen and oxygen atoms in total. The van der Waals surface area contributed by atoms with E-state index in [1.807, 2.05) is 0 Å². The summed E-state index contributed by atoms with van der Waals surface area (Å²) in [4.78, 5) is -0.137. The van der Waals surface area contributed by atoms with Gasteiger partial charge >= 0.3 is 0 Å². The van der Waals surface area contributed by atoms with E-state index in [0.29, 0.717) is 12.4 Å². The maximum Gasteiger partial charge on any atom is 0.294 e. The predicted molar refractivity (Wildman–Crippen MR) is 112 cm³/mol. The minimum absolute atomic E-state index is 0.137. The smallest absolute Gasteiger partial charge is 0.294 e. The quantitative estimate of drug-likeness (QED) is 0.279. The number of hydrogen-bond donors (Lipinski definition) is 2. The van der Waals surface area contributed by atoms with Crippen molar-refractivity contribution in [1.29, 1.82) is 0 Å². The van der Waals surface area contributed by atoms with Crippen LogP contribution in [-0.2, 0) is 14.9 Å². The molecule has 1 aliphatic rings. The Morgan fingerprint density at radius 1 is 1.04 bits per heavy atom. The van der Waals surface area contributed by atoms with Crippen LogP contribution in [0.15, 0.2) is 35.2 Å². The molecule has 0 amide bonds. The predicted octanol–water partition coefficient (Wildman–Crippen LogP) is 4.04. The maximum absolute atomic E-state index is 11.2. The van der Waals surface area contributed by atoms with Gasteiger partial charge in [0.15, 0.2) is 6.21 Å². The van der Waals surface area contributed by atoms with Crippen molar-refractivity contribution in [3.8, 4) is 0 Å². The number of nitrogens with two attached hydrogens (primary N) is 1. The highest BCUT2D eigenvalue weighted by molar-refractivity contribution is 7.85. The van der Waals surface area contributed by atoms with E-state index in [-0.39, 0.29) is 4.90 Å². The molecule has 0 heterocycles. The Morgan fingerprint density at radius 3 is 2.21 bits per heavy atom. The molecule has 0 saturated heterocycles. The van der Waals surface area contributed by atoms with Crippen molar-refractivity contribution in [1.82, 2.24) is 0 Å². The molecule has 0 spiro atoms. The Kier molecular flexibility index (Phi) is 9.71. The molecule has 1 aromatic rings. The number of benzene rings is 1. The molecular formula is C22H34NO4S+. The highest BCUT2D eigenvalue weighted by atomic mass is 32.2. The first-order valence-electron chi connectivity index (χ1n) is 10.5. The first-order chi connectivity index (χ1) is 13.5. The molecule has 0 aliphatic heterocycles. The largest absolute Gasteiger partial charge is 0.493 e. The lowest BCUT2D eigenvalue weighted by molar-refractivity contribution is -0.104. The summed E-state index contributed by atoms with van der Waals surface area (Å²) in [7, 11) is -4.19. The van der Waals surface area contributed by atoms with Gasteiger partial charge in [-0.15, -0.1) is 0 Å². The fourth-order valence-corrected chi connectivity index (χ4v) is 4.31. The number of ether oxygens (including phenoxy) is 1. The summed E-state index contributed by atoms with van der Waals surface area (Å²) in [5.74, 6) is 1.46. The molecule has 0 unspecified atom stereocenters. The van der Waals surface area contributed by atoms with Crippen LogP contribution < -0.4 is 5.41 Å². The molecule has 0 radical (unpaired) electrons. The normalized spacial score (nSPS) is 17.4. The van der Waals surface area contributed by atoms with Gasteiger partial charge in [0, 0.05) is 11.6 Å². The molecule has 6 heteroatoms. The van der Waals surface area contributed by atoms with Gasteiger partial charge in [0.25, 0.3) is 10.1 Å². The van der Waals surface area contributed by atoms with Crippen LogP contribution >= 0.6 is 0 Å². The van der Waals surface area contributed by atoms with Crippen LogP contribution in [0, 0.1) is 5.92 Å². The average molecular weight is 409 g/mol. The van der Waals surface area contributed by atoms with Crippen molar-refractivity contribution in [2.45, 2.75) is 75.5 Å². The van der Waals surface area contributed by atoms with Gasteiger partial charge in [0.05, 0.1) is 11.5 Å². The van der Waals surface area contributed by atoms with E-state index in [1.54, 1.807) is 18.2 Å². The standard InChI is InChI=1S/C22H33NO4S/c23-17-16-22(20-12-14-21(15-13-20)28(24,25)26)27-18-8-7-11-19-9-5-3-1-2-4-6-10-19/h12-17,19,23H,1-11,18H2,(H,24,25,26)/p+1/b22-16-,23-17?. The maximum atomic E-state index is 11.2. The molecule has 1 aliphatic carbocycles. The molecule has 0 bridgehead atoms. The van der Waals surface area contributed by atoms with E-state index in [2.05, 4.69) is 0 Å². The summed E-state index contributed by atoms with van der Waals surface area (Å²) in [5.41, 5.74) is 0.727. The zero-order valence-electron chi connectivity index (χ0n) is 16.7. The molecule has 1 saturated carbocycles. The van der Waals surface area contributed by atoms with Gasteiger partial charge in [-0.2, -0.15) is 8.42 Å². The van der Waals surface area contributed by atoms with Crippen molar-refractivity contribution in [3.63, 3.8) is 0 Å². The van der Waals surface area contributed by atoms with Crippen LogP contribution in [0.5, 0.6) is 0 Å². The Bertz CT molecular complexity index is 715. The van der Waals surface area contributed by atoms with Crippen LogP contribution in [-0.4, -0.2) is 25.8 Å². The van der Waals surface area contributed by atoms with E-state index in [0.717, 1.165) is 24.3 Å². The highest BCUT2D eigenvalue weighted by Crippen LogP contribution is 2.26. The first-order valence-corrected chi connectivity index (χ1v) is 11.9. The van der Waals surface area contributed by atoms with Gasteiger partial charge in [-0.3, -0.25) is 9.96 Å². The third-order valence-electron chi connectivity index (χ3n) is 5.42. The van der Waals surface area contributed by atoms with E-state index < -0.39 is 10.1 Å². The summed E-state index contributed by atoms with van der Waals surface area (Å²) in [5, 5.41) is 5.52. The molecule has 156 valence electrons. The second-order valence-electron chi connectivity index (χ2n) is 7.63. The average Bonchev–Trinajstić information content (AvgIpc) is 2.80. The Balaban J connectivity index is 1.78. The summed E-state index contributed by atoms with van der Waals surface area (Å²) < 4.78 is 37.3. The lowest BCUT2D eigenvalue weighted by atomic mass is 9.92. The molecular weight excluding hydrogens is 374 g/mol. The van der Waals surface area contributed by atoms with Crippen molar-refractivity contribution in [3.05, 3.63) is 35.9 Å². The van der Waals surface area contributed by atoms with Gasteiger partial charge in [0.1, 0.15) is 5.76 Å². The van der Waals surface area contributed by atoms with Gasteiger partial charge in [-0.1, -0.05) is 57.8 Å². The molecule has 2 rings (SSSR count). The van der Waals surface area contributed by atoms with Gasteiger partial charge < -0.3 is 4.74 Å². The zero-order chi connectivity index (χ0) is 20.2. The number of rotatable bonds is 9. The first kappa shape index (κ1) is 22.6. The minimum Gasteiger partial charge on any atom is -0.493 e. The molecule has 28 heavy (non-hydrogen) atoms. The lowest BCUT2D eigenvalue weighted by Gasteiger charge is -2.16. The topological polar surface area (TPSA) is 89.2 Å². The summed E-state index contributed by atoms with van der Waals surface area (Å²) in [6.07, 6.45) is 17.6. The van der Waals surface area contributed by atoms with E-state index in [9.17, 15) is 8.42 Å². The Labute approximate surface area is 169 Å². The minimum atomic E-state index is -4.19. The Hall–Kier alpha value is -1.66. The second-order valence-corrected chi connectivity index (χ2v) is 9.05. The summed E-state index contributed by atoms with van der Waals surface area (Å²) >= 11 is 0. The fraction of sp³-hybridized carbons (Fsp3) is 0.591. The highest BCUT2D eigenvalue weighted by Gasteiger charge is 2.12. The van der Waals surface area contributed by atoms with Crippen LogP contribution in [0.25, 0.3) is 5.76 Å². The number of unbranched alkanes of at least 4 members (excludes halogenated alkanes) is 1. The Morgan fingerprint density at radius 2 is 1.64 bits per heavy atom. The van der Waals surface area contributed by atoms with Crippen LogP contribution in [0.4, 0.5) is 0 Å². The number of hydrogen-bond acceptors (Lipinski definition) is 3. The van der Waals surface area contributed by atoms with Gasteiger partial charge in [-0.25, -0.2) is 0 Å². The second kappa shape index (κ2) is 12.0. The summed E-state index contributed by atoms with van der Waals surface area (Å²) in [6.45, 7) is 0.604. The van der Waals surface area contributed by atoms with Crippen LogP contribution in [0.1, 0.15) is 76.2 Å². The third-order valence-corrected chi connectivity index (χ3v) is 6.29. The van der Waals surface area contributed by atoms with Crippen molar-refractivity contribution >= 4 is 22.1 Å². The SMILES string of the molecule is [NH2+]=C/C=C(\OCCCCC1CCCCCCCC1)c1ccc(S(=O)(=O)O)cc1.